The van der Waals surface area contributed by atoms with Gasteiger partial charge in [-0.25, -0.2) is 4.79 Å². The van der Waals surface area contributed by atoms with Crippen LogP contribution in [0.4, 0.5) is 0 Å². The molecule has 0 aliphatic rings. The predicted molar refractivity (Wildman–Crippen MR) is 101 cm³/mol. The lowest BCUT2D eigenvalue weighted by atomic mass is 10.0. The maximum absolute atomic E-state index is 12.5. The molecule has 2 heterocycles. The molecule has 7 nitrogen and oxygen atoms in total. The van der Waals surface area contributed by atoms with Gasteiger partial charge in [-0.1, -0.05) is 49.3 Å². The van der Waals surface area contributed by atoms with Crippen LogP contribution in [0.15, 0.2) is 63.7 Å². The average Bonchev–Trinajstić information content (AvgIpc) is 3.36. The van der Waals surface area contributed by atoms with Crippen molar-refractivity contribution in [1.29, 1.82) is 0 Å². The van der Waals surface area contributed by atoms with E-state index in [2.05, 4.69) is 10.5 Å². The van der Waals surface area contributed by atoms with Gasteiger partial charge < -0.3 is 19.0 Å². The van der Waals surface area contributed by atoms with E-state index in [1.807, 2.05) is 44.2 Å². The Labute approximate surface area is 162 Å². The lowest BCUT2D eigenvalue weighted by Gasteiger charge is -2.20. The van der Waals surface area contributed by atoms with Crippen LogP contribution in [0.3, 0.4) is 0 Å². The predicted octanol–water partition coefficient (Wildman–Crippen LogP) is 3.36. The highest BCUT2D eigenvalue weighted by Gasteiger charge is 2.26. The van der Waals surface area contributed by atoms with E-state index in [1.165, 1.54) is 6.26 Å². The zero-order valence-electron chi connectivity index (χ0n) is 15.8. The van der Waals surface area contributed by atoms with E-state index in [1.54, 1.807) is 18.2 Å². The van der Waals surface area contributed by atoms with Crippen molar-refractivity contribution in [3.8, 4) is 11.5 Å². The molecule has 0 spiro atoms. The molecule has 28 heavy (non-hydrogen) atoms. The quantitative estimate of drug-likeness (QED) is 0.600. The molecule has 3 aromatic rings. The van der Waals surface area contributed by atoms with Crippen LogP contribution in [0.1, 0.15) is 25.1 Å². The van der Waals surface area contributed by atoms with Crippen LogP contribution in [-0.2, 0) is 27.4 Å². The number of rotatable bonds is 8. The molecule has 1 unspecified atom stereocenters. The molecule has 2 aromatic heterocycles. The molecule has 7 heteroatoms. The molecule has 0 saturated carbocycles. The van der Waals surface area contributed by atoms with Gasteiger partial charge >= 0.3 is 5.97 Å². The van der Waals surface area contributed by atoms with Crippen molar-refractivity contribution in [1.82, 2.24) is 10.5 Å². The Kier molecular flexibility index (Phi) is 6.26. The summed E-state index contributed by atoms with van der Waals surface area (Å²) in [7, 11) is 0. The summed E-state index contributed by atoms with van der Waals surface area (Å²) in [5, 5.41) is 6.62. The van der Waals surface area contributed by atoms with Gasteiger partial charge in [-0.05, 0) is 23.6 Å². The molecule has 0 fully saturated rings. The first-order valence-electron chi connectivity index (χ1n) is 9.02. The number of ether oxygens (including phenoxy) is 1. The van der Waals surface area contributed by atoms with Crippen LogP contribution in [0, 0.1) is 5.92 Å². The van der Waals surface area contributed by atoms with E-state index < -0.39 is 12.0 Å². The van der Waals surface area contributed by atoms with E-state index in [4.69, 9.17) is 13.7 Å². The third kappa shape index (κ3) is 5.09. The summed E-state index contributed by atoms with van der Waals surface area (Å²) in [5.74, 6) is 0.122. The van der Waals surface area contributed by atoms with E-state index >= 15 is 0 Å². The van der Waals surface area contributed by atoms with Gasteiger partial charge in [-0.15, -0.1) is 0 Å². The lowest BCUT2D eigenvalue weighted by Crippen LogP contribution is -2.45. The average molecular weight is 382 g/mol. The third-order valence-electron chi connectivity index (χ3n) is 4.13. The number of nitrogens with zero attached hydrogens (tertiary/aromatic N) is 1. The third-order valence-corrected chi connectivity index (χ3v) is 4.13. The molecule has 0 aliphatic carbocycles. The van der Waals surface area contributed by atoms with Gasteiger partial charge in [0.2, 0.25) is 11.7 Å². The second-order valence-corrected chi connectivity index (χ2v) is 6.72. The van der Waals surface area contributed by atoms with Crippen molar-refractivity contribution in [2.45, 2.75) is 32.9 Å². The Morgan fingerprint density at radius 1 is 1.11 bits per heavy atom. The summed E-state index contributed by atoms with van der Waals surface area (Å²) in [6.07, 6.45) is 1.73. The minimum atomic E-state index is -0.743. The minimum Gasteiger partial charge on any atom is -0.461 e. The van der Waals surface area contributed by atoms with Gasteiger partial charge in [0.1, 0.15) is 18.3 Å². The van der Waals surface area contributed by atoms with Crippen LogP contribution >= 0.6 is 0 Å². The van der Waals surface area contributed by atoms with Gasteiger partial charge in [0.05, 0.1) is 12.7 Å². The highest BCUT2D eigenvalue weighted by Crippen LogP contribution is 2.21. The Morgan fingerprint density at radius 2 is 1.89 bits per heavy atom. The fraction of sp³-hybridized carbons (Fsp3) is 0.286. The molecule has 1 atom stereocenters. The van der Waals surface area contributed by atoms with Gasteiger partial charge in [0, 0.05) is 6.07 Å². The number of carbonyl (C=O) groups excluding carboxylic acids is 2. The SMILES string of the molecule is CC(C)C(NC(=O)Cc1ccccc1)C(=O)OCc1cc(-c2ccco2)on1. The molecule has 0 bridgehead atoms. The van der Waals surface area contributed by atoms with E-state index in [9.17, 15) is 9.59 Å². The molecule has 3 rings (SSSR count). The van der Waals surface area contributed by atoms with Crippen LogP contribution in [-0.4, -0.2) is 23.1 Å². The van der Waals surface area contributed by atoms with E-state index in [0.29, 0.717) is 17.2 Å². The van der Waals surface area contributed by atoms with Crippen LogP contribution < -0.4 is 5.32 Å². The zero-order valence-corrected chi connectivity index (χ0v) is 15.8. The Balaban J connectivity index is 1.55. The second kappa shape index (κ2) is 9.03. The minimum absolute atomic E-state index is 0.0547. The van der Waals surface area contributed by atoms with E-state index in [-0.39, 0.29) is 24.9 Å². The highest BCUT2D eigenvalue weighted by atomic mass is 16.5. The number of carbonyl (C=O) groups is 2. The molecule has 1 N–H and O–H groups in total. The number of hydrogen-bond donors (Lipinski definition) is 1. The fourth-order valence-electron chi connectivity index (χ4n) is 2.65. The van der Waals surface area contributed by atoms with Gasteiger partial charge in [-0.3, -0.25) is 4.79 Å². The topological polar surface area (TPSA) is 94.6 Å². The molecular formula is C21H22N2O5. The summed E-state index contributed by atoms with van der Waals surface area (Å²) in [5.41, 5.74) is 1.33. The van der Waals surface area contributed by atoms with Crippen molar-refractivity contribution < 1.29 is 23.3 Å². The number of nitrogens with one attached hydrogen (secondary N) is 1. The number of hydrogen-bond acceptors (Lipinski definition) is 6. The van der Waals surface area contributed by atoms with Crippen molar-refractivity contribution in [2.24, 2.45) is 5.92 Å². The number of amides is 1. The van der Waals surface area contributed by atoms with Crippen LogP contribution in [0.2, 0.25) is 0 Å². The van der Waals surface area contributed by atoms with Gasteiger partial charge in [-0.2, -0.15) is 0 Å². The lowest BCUT2D eigenvalue weighted by molar-refractivity contribution is -0.150. The first kappa shape index (κ1) is 19.4. The Morgan fingerprint density at radius 3 is 2.57 bits per heavy atom. The molecular weight excluding hydrogens is 360 g/mol. The van der Waals surface area contributed by atoms with Crippen molar-refractivity contribution >= 4 is 11.9 Å². The number of benzene rings is 1. The number of esters is 1. The maximum atomic E-state index is 12.5. The van der Waals surface area contributed by atoms with Crippen molar-refractivity contribution in [2.75, 3.05) is 0 Å². The summed E-state index contributed by atoms with van der Waals surface area (Å²) in [4.78, 5) is 24.8. The first-order valence-corrected chi connectivity index (χ1v) is 9.02. The number of aromatic nitrogens is 1. The van der Waals surface area contributed by atoms with Crippen LogP contribution in [0.5, 0.6) is 0 Å². The molecule has 0 radical (unpaired) electrons. The Hall–Kier alpha value is -3.35. The summed E-state index contributed by atoms with van der Waals surface area (Å²) < 4.78 is 15.7. The van der Waals surface area contributed by atoms with Crippen molar-refractivity contribution in [3.63, 3.8) is 0 Å². The molecule has 1 aromatic carbocycles. The van der Waals surface area contributed by atoms with Gasteiger partial charge in [0.25, 0.3) is 0 Å². The summed E-state index contributed by atoms with van der Waals surface area (Å²) in [6.45, 7) is 3.64. The summed E-state index contributed by atoms with van der Waals surface area (Å²) >= 11 is 0. The summed E-state index contributed by atoms with van der Waals surface area (Å²) in [6, 6.07) is 13.7. The molecule has 146 valence electrons. The van der Waals surface area contributed by atoms with Crippen LogP contribution in [0.25, 0.3) is 11.5 Å². The maximum Gasteiger partial charge on any atom is 0.329 e. The smallest absolute Gasteiger partial charge is 0.329 e. The molecule has 0 aliphatic heterocycles. The van der Waals surface area contributed by atoms with Crippen molar-refractivity contribution in [3.05, 3.63) is 66.1 Å². The van der Waals surface area contributed by atoms with E-state index in [0.717, 1.165) is 5.56 Å². The second-order valence-electron chi connectivity index (χ2n) is 6.72. The van der Waals surface area contributed by atoms with Gasteiger partial charge in [0.15, 0.2) is 5.76 Å². The number of furan rings is 1. The fourth-order valence-corrected chi connectivity index (χ4v) is 2.65. The first-order chi connectivity index (χ1) is 13.5. The monoisotopic (exact) mass is 382 g/mol. The highest BCUT2D eigenvalue weighted by molar-refractivity contribution is 5.85. The molecule has 0 saturated heterocycles. The normalized spacial score (nSPS) is 12.0. The Bertz CT molecular complexity index is 900. The zero-order chi connectivity index (χ0) is 19.9. The molecule has 1 amide bonds. The standard InChI is InChI=1S/C21H22N2O5/c1-14(2)20(22-19(24)11-15-7-4-3-5-8-15)21(25)27-13-16-12-18(28-23-16)17-9-6-10-26-17/h3-10,12,14,20H,11,13H2,1-2H3,(H,22,24). The largest absolute Gasteiger partial charge is 0.461 e.